The molecule has 1 aromatic rings. The second-order valence-electron chi connectivity index (χ2n) is 4.30. The highest BCUT2D eigenvalue weighted by Crippen LogP contribution is 2.30. The van der Waals surface area contributed by atoms with E-state index in [-0.39, 0.29) is 18.4 Å². The summed E-state index contributed by atoms with van der Waals surface area (Å²) >= 11 is 0. The van der Waals surface area contributed by atoms with Crippen LogP contribution in [0.15, 0.2) is 24.3 Å². The molecule has 108 valence electrons. The molecule has 1 aromatic carbocycles. The zero-order valence-electron chi connectivity index (χ0n) is 10.9. The van der Waals surface area contributed by atoms with Crippen LogP contribution in [-0.2, 0) is 0 Å². The molecule has 0 aromatic heterocycles. The number of alkyl halides is 3. The molecular weight excluding hydrogens is 259 g/mol. The number of aliphatic hydroxyl groups is 1. The summed E-state index contributed by atoms with van der Waals surface area (Å²) in [4.78, 5) is 0. The number of benzene rings is 1. The predicted molar refractivity (Wildman–Crippen MR) is 65.8 cm³/mol. The van der Waals surface area contributed by atoms with Crippen molar-refractivity contribution in [1.82, 2.24) is 5.32 Å². The molecule has 2 atom stereocenters. The summed E-state index contributed by atoms with van der Waals surface area (Å²) in [5.41, 5.74) is 0.294. The number of aliphatic hydroxyl groups excluding tert-OH is 1. The van der Waals surface area contributed by atoms with E-state index in [0.29, 0.717) is 5.56 Å². The molecule has 0 amide bonds. The summed E-state index contributed by atoms with van der Waals surface area (Å²) in [6.45, 7) is 3.54. The number of halogens is 3. The lowest BCUT2D eigenvalue weighted by molar-refractivity contribution is -0.275. The van der Waals surface area contributed by atoms with Crippen LogP contribution in [0.3, 0.4) is 0 Å². The number of nitrogens with one attached hydrogen (secondary N) is 1. The van der Waals surface area contributed by atoms with Crippen molar-refractivity contribution >= 4 is 0 Å². The fraction of sp³-hybridized carbons (Fsp3) is 0.538. The zero-order chi connectivity index (χ0) is 14.5. The lowest BCUT2D eigenvalue weighted by atomic mass is 10.0. The monoisotopic (exact) mass is 277 g/mol. The molecule has 0 radical (unpaired) electrons. The number of hydrogen-bond donors (Lipinski definition) is 2. The van der Waals surface area contributed by atoms with E-state index < -0.39 is 12.4 Å². The summed E-state index contributed by atoms with van der Waals surface area (Å²) in [5.74, 6) is -0.287. The Hall–Kier alpha value is -1.27. The molecule has 3 nitrogen and oxygen atoms in total. The average Bonchev–Trinajstić information content (AvgIpc) is 2.34. The van der Waals surface area contributed by atoms with Gasteiger partial charge in [0.05, 0.1) is 12.6 Å². The molecule has 0 aliphatic heterocycles. The van der Waals surface area contributed by atoms with E-state index in [0.717, 1.165) is 6.42 Å². The largest absolute Gasteiger partial charge is 0.573 e. The summed E-state index contributed by atoms with van der Waals surface area (Å²) in [5, 5.41) is 12.4. The van der Waals surface area contributed by atoms with Gasteiger partial charge in [0.2, 0.25) is 0 Å². The van der Waals surface area contributed by atoms with Crippen molar-refractivity contribution in [2.75, 3.05) is 6.61 Å². The van der Waals surface area contributed by atoms with Crippen LogP contribution >= 0.6 is 0 Å². The Morgan fingerprint density at radius 1 is 1.32 bits per heavy atom. The van der Waals surface area contributed by atoms with Gasteiger partial charge in [-0.05, 0) is 19.4 Å². The van der Waals surface area contributed by atoms with E-state index in [4.69, 9.17) is 0 Å². The average molecular weight is 277 g/mol. The first-order valence-electron chi connectivity index (χ1n) is 6.09. The summed E-state index contributed by atoms with van der Waals surface area (Å²) in [6, 6.07) is 5.31. The Morgan fingerprint density at radius 3 is 2.47 bits per heavy atom. The van der Waals surface area contributed by atoms with Crippen molar-refractivity contribution in [3.63, 3.8) is 0 Å². The SMILES string of the molecule is CCC(C)NC(CO)c1ccccc1OC(F)(F)F. The molecule has 2 N–H and O–H groups in total. The highest BCUT2D eigenvalue weighted by molar-refractivity contribution is 5.36. The number of ether oxygens (including phenoxy) is 1. The Balaban J connectivity index is 2.96. The minimum absolute atomic E-state index is 0.0797. The molecule has 19 heavy (non-hydrogen) atoms. The van der Waals surface area contributed by atoms with Gasteiger partial charge in [-0.3, -0.25) is 0 Å². The minimum atomic E-state index is -4.74. The molecule has 1 rings (SSSR count). The van der Waals surface area contributed by atoms with Gasteiger partial charge in [-0.1, -0.05) is 25.1 Å². The molecule has 2 unspecified atom stereocenters. The van der Waals surface area contributed by atoms with Gasteiger partial charge < -0.3 is 15.2 Å². The van der Waals surface area contributed by atoms with Crippen molar-refractivity contribution in [3.05, 3.63) is 29.8 Å². The Labute approximate surface area is 110 Å². The van der Waals surface area contributed by atoms with Crippen LogP contribution in [0.2, 0.25) is 0 Å². The van der Waals surface area contributed by atoms with Gasteiger partial charge in [0.1, 0.15) is 5.75 Å². The van der Waals surface area contributed by atoms with E-state index >= 15 is 0 Å². The first-order chi connectivity index (χ1) is 8.87. The van der Waals surface area contributed by atoms with Gasteiger partial charge in [-0.25, -0.2) is 0 Å². The third-order valence-electron chi connectivity index (χ3n) is 2.80. The van der Waals surface area contributed by atoms with Crippen LogP contribution in [0, 0.1) is 0 Å². The molecule has 0 spiro atoms. The minimum Gasteiger partial charge on any atom is -0.405 e. The maximum atomic E-state index is 12.3. The fourth-order valence-corrected chi connectivity index (χ4v) is 1.69. The smallest absolute Gasteiger partial charge is 0.405 e. The van der Waals surface area contributed by atoms with Crippen LogP contribution in [0.5, 0.6) is 5.75 Å². The molecule has 0 saturated heterocycles. The fourth-order valence-electron chi connectivity index (χ4n) is 1.69. The Bertz CT molecular complexity index is 396. The van der Waals surface area contributed by atoms with Crippen molar-refractivity contribution in [2.24, 2.45) is 0 Å². The molecular formula is C13H18F3NO2. The Kier molecular flexibility index (Phi) is 5.62. The zero-order valence-corrected chi connectivity index (χ0v) is 10.9. The first-order valence-corrected chi connectivity index (χ1v) is 6.09. The number of hydrogen-bond acceptors (Lipinski definition) is 3. The van der Waals surface area contributed by atoms with Crippen molar-refractivity contribution in [1.29, 1.82) is 0 Å². The summed E-state index contributed by atoms with van der Waals surface area (Å²) < 4.78 is 40.9. The van der Waals surface area contributed by atoms with Gasteiger partial charge >= 0.3 is 6.36 Å². The first kappa shape index (κ1) is 15.8. The van der Waals surface area contributed by atoms with Crippen molar-refractivity contribution in [2.45, 2.75) is 38.7 Å². The van der Waals surface area contributed by atoms with Crippen LogP contribution in [-0.4, -0.2) is 24.1 Å². The molecule has 6 heteroatoms. The van der Waals surface area contributed by atoms with Crippen molar-refractivity contribution < 1.29 is 23.0 Å². The molecule has 0 bridgehead atoms. The van der Waals surface area contributed by atoms with Crippen LogP contribution in [0.25, 0.3) is 0 Å². The normalized spacial score (nSPS) is 15.1. The second-order valence-corrected chi connectivity index (χ2v) is 4.30. The highest BCUT2D eigenvalue weighted by Gasteiger charge is 2.32. The third-order valence-corrected chi connectivity index (χ3v) is 2.80. The van der Waals surface area contributed by atoms with E-state index in [1.54, 1.807) is 6.07 Å². The van der Waals surface area contributed by atoms with E-state index in [1.807, 2.05) is 13.8 Å². The topological polar surface area (TPSA) is 41.5 Å². The van der Waals surface area contributed by atoms with Gasteiger partial charge in [0.15, 0.2) is 0 Å². The van der Waals surface area contributed by atoms with Gasteiger partial charge in [0, 0.05) is 11.6 Å². The lowest BCUT2D eigenvalue weighted by Crippen LogP contribution is -2.32. The van der Waals surface area contributed by atoms with E-state index in [2.05, 4.69) is 10.1 Å². The Morgan fingerprint density at radius 2 is 1.95 bits per heavy atom. The van der Waals surface area contributed by atoms with Crippen LogP contribution in [0.1, 0.15) is 31.9 Å². The van der Waals surface area contributed by atoms with Gasteiger partial charge in [-0.15, -0.1) is 13.2 Å². The second kappa shape index (κ2) is 6.77. The summed E-state index contributed by atoms with van der Waals surface area (Å²) in [7, 11) is 0. The highest BCUT2D eigenvalue weighted by atomic mass is 19.4. The maximum absolute atomic E-state index is 12.3. The van der Waals surface area contributed by atoms with Crippen molar-refractivity contribution in [3.8, 4) is 5.75 Å². The van der Waals surface area contributed by atoms with Crippen LogP contribution < -0.4 is 10.1 Å². The van der Waals surface area contributed by atoms with Gasteiger partial charge in [0.25, 0.3) is 0 Å². The molecule has 0 aliphatic carbocycles. The van der Waals surface area contributed by atoms with E-state index in [9.17, 15) is 18.3 Å². The predicted octanol–water partition coefficient (Wildman–Crippen LogP) is 3.01. The number of rotatable bonds is 6. The molecule has 0 heterocycles. The molecule has 0 aliphatic rings. The summed E-state index contributed by atoms with van der Waals surface area (Å²) in [6.07, 6.45) is -3.94. The molecule has 0 saturated carbocycles. The molecule has 0 fully saturated rings. The van der Waals surface area contributed by atoms with Crippen LogP contribution in [0.4, 0.5) is 13.2 Å². The number of para-hydroxylation sites is 1. The van der Waals surface area contributed by atoms with E-state index in [1.165, 1.54) is 18.2 Å². The van der Waals surface area contributed by atoms with Gasteiger partial charge in [-0.2, -0.15) is 0 Å². The quantitative estimate of drug-likeness (QED) is 0.840. The standard InChI is InChI=1S/C13H18F3NO2/c1-3-9(2)17-11(8-18)10-6-4-5-7-12(10)19-13(14,15)16/h4-7,9,11,17-18H,3,8H2,1-2H3. The third kappa shape index (κ3) is 5.08. The maximum Gasteiger partial charge on any atom is 0.573 e. The lowest BCUT2D eigenvalue weighted by Gasteiger charge is -2.23.